The van der Waals surface area contributed by atoms with Crippen LogP contribution in [0.5, 0.6) is 0 Å². The van der Waals surface area contributed by atoms with E-state index in [1.807, 2.05) is 63.2 Å². The Morgan fingerprint density at radius 3 is 2.21 bits per heavy atom. The Morgan fingerprint density at radius 1 is 0.970 bits per heavy atom. The summed E-state index contributed by atoms with van der Waals surface area (Å²) >= 11 is 0. The predicted octanol–water partition coefficient (Wildman–Crippen LogP) is 4.60. The van der Waals surface area contributed by atoms with Gasteiger partial charge >= 0.3 is 0 Å². The number of nitrogens with zero attached hydrogens (tertiary/aromatic N) is 2. The molecule has 0 spiro atoms. The van der Waals surface area contributed by atoms with Crippen LogP contribution in [-0.4, -0.2) is 36.6 Å². The molecular formula is C25H29FN2O4S. The molecule has 6 nitrogen and oxygen atoms in total. The van der Waals surface area contributed by atoms with Crippen LogP contribution >= 0.6 is 0 Å². The summed E-state index contributed by atoms with van der Waals surface area (Å²) in [5, 5.41) is 0. The molecule has 8 heteroatoms. The number of carbonyl (C=O) groups excluding carboxylic acids is 1. The van der Waals surface area contributed by atoms with Crippen molar-refractivity contribution in [2.45, 2.75) is 38.8 Å². The number of hydrogen-bond acceptors (Lipinski definition) is 4. The minimum absolute atomic E-state index is 0.0108. The van der Waals surface area contributed by atoms with E-state index >= 15 is 0 Å². The van der Waals surface area contributed by atoms with Crippen LogP contribution in [0, 0.1) is 18.7 Å². The molecule has 0 radical (unpaired) electrons. The van der Waals surface area contributed by atoms with Crippen LogP contribution in [0.25, 0.3) is 0 Å². The average Bonchev–Trinajstić information content (AvgIpc) is 3.18. The molecule has 3 aromatic rings. The number of hydrogen-bond donors (Lipinski definition) is 0. The quantitative estimate of drug-likeness (QED) is 0.432. The van der Waals surface area contributed by atoms with E-state index < -0.39 is 15.8 Å². The number of furan rings is 1. The van der Waals surface area contributed by atoms with Gasteiger partial charge in [-0.15, -0.1) is 0 Å². The van der Waals surface area contributed by atoms with Gasteiger partial charge in [0.25, 0.3) is 0 Å². The number of carbonyl (C=O) groups is 1. The van der Waals surface area contributed by atoms with E-state index in [4.69, 9.17) is 4.42 Å². The first kappa shape index (κ1) is 24.7. The molecule has 1 aromatic heterocycles. The van der Waals surface area contributed by atoms with Gasteiger partial charge in [-0.25, -0.2) is 12.8 Å². The first-order valence-electron chi connectivity index (χ1n) is 10.8. The zero-order chi connectivity index (χ0) is 24.0. The van der Waals surface area contributed by atoms with Crippen molar-refractivity contribution in [3.8, 4) is 0 Å². The molecule has 0 aliphatic carbocycles. The molecule has 0 atom stereocenters. The van der Waals surface area contributed by atoms with Gasteiger partial charge in [-0.2, -0.15) is 4.31 Å². The first-order chi connectivity index (χ1) is 15.6. The summed E-state index contributed by atoms with van der Waals surface area (Å²) in [7, 11) is -3.99. The van der Waals surface area contributed by atoms with Crippen molar-refractivity contribution in [3.63, 3.8) is 0 Å². The van der Waals surface area contributed by atoms with Crippen molar-refractivity contribution in [1.29, 1.82) is 0 Å². The van der Waals surface area contributed by atoms with E-state index in [1.54, 1.807) is 4.90 Å². The van der Waals surface area contributed by atoms with Crippen LogP contribution in [0.1, 0.15) is 30.9 Å². The fraction of sp³-hybridized carbons (Fsp3) is 0.320. The minimum Gasteiger partial charge on any atom is -0.464 e. The number of rotatable bonds is 10. The molecular weight excluding hydrogens is 443 g/mol. The molecule has 0 bridgehead atoms. The molecule has 0 fully saturated rings. The third-order valence-corrected chi connectivity index (χ3v) is 6.87. The summed E-state index contributed by atoms with van der Waals surface area (Å²) in [4.78, 5) is 14.9. The van der Waals surface area contributed by atoms with Crippen molar-refractivity contribution >= 4 is 15.9 Å². The van der Waals surface area contributed by atoms with Crippen LogP contribution in [0.3, 0.4) is 0 Å². The Balaban J connectivity index is 1.87. The molecule has 176 valence electrons. The molecule has 0 N–H and O–H groups in total. The van der Waals surface area contributed by atoms with Gasteiger partial charge in [0.15, 0.2) is 0 Å². The van der Waals surface area contributed by atoms with Crippen molar-refractivity contribution in [3.05, 3.63) is 89.6 Å². The van der Waals surface area contributed by atoms with Crippen molar-refractivity contribution in [2.75, 3.05) is 13.1 Å². The summed E-state index contributed by atoms with van der Waals surface area (Å²) in [5.41, 5.74) is 0.922. The highest BCUT2D eigenvalue weighted by Gasteiger charge is 2.29. The summed E-state index contributed by atoms with van der Waals surface area (Å²) < 4.78 is 46.7. The maximum atomic E-state index is 13.4. The molecule has 0 saturated carbocycles. The lowest BCUT2D eigenvalue weighted by molar-refractivity contribution is -0.133. The van der Waals surface area contributed by atoms with Crippen LogP contribution < -0.4 is 0 Å². The zero-order valence-corrected chi connectivity index (χ0v) is 19.9. The molecule has 0 aliphatic heterocycles. The smallest absolute Gasteiger partial charge is 0.243 e. The van der Waals surface area contributed by atoms with E-state index in [-0.39, 0.29) is 36.4 Å². The number of aryl methyl sites for hydroxylation is 1. The van der Waals surface area contributed by atoms with Gasteiger partial charge in [0, 0.05) is 13.1 Å². The van der Waals surface area contributed by atoms with E-state index in [9.17, 15) is 17.6 Å². The Morgan fingerprint density at radius 2 is 1.64 bits per heavy atom. The third-order valence-electron chi connectivity index (χ3n) is 5.04. The molecule has 1 amide bonds. The Labute approximate surface area is 194 Å². The van der Waals surface area contributed by atoms with Crippen molar-refractivity contribution in [2.24, 2.45) is 5.92 Å². The lowest BCUT2D eigenvalue weighted by Crippen LogP contribution is -2.43. The molecule has 0 saturated heterocycles. The highest BCUT2D eigenvalue weighted by Crippen LogP contribution is 2.19. The van der Waals surface area contributed by atoms with Crippen LogP contribution in [0.2, 0.25) is 0 Å². The molecule has 0 aliphatic rings. The molecule has 33 heavy (non-hydrogen) atoms. The van der Waals surface area contributed by atoms with Crippen LogP contribution in [0.15, 0.2) is 76.0 Å². The zero-order valence-electron chi connectivity index (χ0n) is 19.1. The maximum absolute atomic E-state index is 13.4. The maximum Gasteiger partial charge on any atom is 0.243 e. The summed E-state index contributed by atoms with van der Waals surface area (Å²) in [6, 6.07) is 17.8. The van der Waals surface area contributed by atoms with Crippen molar-refractivity contribution in [1.82, 2.24) is 9.21 Å². The molecule has 3 rings (SSSR count). The number of sulfonamides is 1. The van der Waals surface area contributed by atoms with E-state index in [0.29, 0.717) is 12.3 Å². The van der Waals surface area contributed by atoms with Gasteiger partial charge < -0.3 is 9.32 Å². The van der Waals surface area contributed by atoms with Gasteiger partial charge in [0.05, 0.1) is 18.0 Å². The standard InChI is InChI=1S/C25H29FN2O4S/c1-19(2)15-28(33(30,31)24-13-10-22(26)11-14-24)18-25(29)27(16-21-7-5-4-6-8-21)17-23-12-9-20(3)32-23/h4-14,19H,15-18H2,1-3H3. The molecule has 2 aromatic carbocycles. The Hall–Kier alpha value is -2.97. The number of amides is 1. The third kappa shape index (κ3) is 6.76. The van der Waals surface area contributed by atoms with Gasteiger partial charge in [0.2, 0.25) is 15.9 Å². The summed E-state index contributed by atoms with van der Waals surface area (Å²) in [6.45, 7) is 5.94. The monoisotopic (exact) mass is 472 g/mol. The second-order valence-electron chi connectivity index (χ2n) is 8.39. The topological polar surface area (TPSA) is 70.8 Å². The van der Waals surface area contributed by atoms with E-state index in [0.717, 1.165) is 23.5 Å². The fourth-order valence-electron chi connectivity index (χ4n) is 3.46. The summed E-state index contributed by atoms with van der Waals surface area (Å²) in [6.07, 6.45) is 0. The number of benzene rings is 2. The van der Waals surface area contributed by atoms with Gasteiger partial charge in [-0.1, -0.05) is 44.2 Å². The lowest BCUT2D eigenvalue weighted by Gasteiger charge is -2.28. The van der Waals surface area contributed by atoms with Crippen LogP contribution in [0.4, 0.5) is 4.39 Å². The van der Waals surface area contributed by atoms with E-state index in [1.165, 1.54) is 16.4 Å². The summed E-state index contributed by atoms with van der Waals surface area (Å²) in [5.74, 6) is 0.469. The average molecular weight is 473 g/mol. The normalized spacial score (nSPS) is 11.8. The Kier molecular flexibility index (Phi) is 8.05. The van der Waals surface area contributed by atoms with Crippen molar-refractivity contribution < 1.29 is 22.0 Å². The predicted molar refractivity (Wildman–Crippen MR) is 124 cm³/mol. The van der Waals surface area contributed by atoms with Gasteiger partial charge in [0.1, 0.15) is 17.3 Å². The highest BCUT2D eigenvalue weighted by atomic mass is 32.2. The molecule has 0 unspecified atom stereocenters. The minimum atomic E-state index is -3.99. The second kappa shape index (κ2) is 10.8. The van der Waals surface area contributed by atoms with Gasteiger partial charge in [-0.05, 0) is 54.8 Å². The SMILES string of the molecule is Cc1ccc(CN(Cc2ccccc2)C(=O)CN(CC(C)C)S(=O)(=O)c2ccc(F)cc2)o1. The lowest BCUT2D eigenvalue weighted by atomic mass is 10.2. The van der Waals surface area contributed by atoms with E-state index in [2.05, 4.69) is 0 Å². The molecule has 1 heterocycles. The highest BCUT2D eigenvalue weighted by molar-refractivity contribution is 7.89. The first-order valence-corrected chi connectivity index (χ1v) is 12.2. The second-order valence-corrected chi connectivity index (χ2v) is 10.3. The van der Waals surface area contributed by atoms with Crippen LogP contribution in [-0.2, 0) is 27.9 Å². The Bertz CT molecular complexity index is 1160. The fourth-order valence-corrected chi connectivity index (χ4v) is 5.01. The number of halogens is 1. The van der Waals surface area contributed by atoms with Gasteiger partial charge in [-0.3, -0.25) is 4.79 Å². The largest absolute Gasteiger partial charge is 0.464 e.